The monoisotopic (exact) mass is 276 g/mol. The van der Waals surface area contributed by atoms with Crippen LogP contribution in [0.15, 0.2) is 24.3 Å². The van der Waals surface area contributed by atoms with Crippen LogP contribution >= 0.6 is 0 Å². The summed E-state index contributed by atoms with van der Waals surface area (Å²) >= 11 is 0. The summed E-state index contributed by atoms with van der Waals surface area (Å²) in [5.74, 6) is -0.259. The van der Waals surface area contributed by atoms with Crippen LogP contribution in [0.4, 0.5) is 5.69 Å². The number of carbonyl (C=O) groups is 2. The summed E-state index contributed by atoms with van der Waals surface area (Å²) in [5, 5.41) is 2.70. The summed E-state index contributed by atoms with van der Waals surface area (Å²) < 4.78 is 5.63. The fourth-order valence-corrected chi connectivity index (χ4v) is 2.48. The highest BCUT2D eigenvalue weighted by Crippen LogP contribution is 2.20. The van der Waals surface area contributed by atoms with Crippen LogP contribution < -0.4 is 5.32 Å². The van der Waals surface area contributed by atoms with Crippen molar-refractivity contribution in [3.8, 4) is 0 Å². The summed E-state index contributed by atoms with van der Waals surface area (Å²) in [6.07, 6.45) is 0.0475. The predicted molar refractivity (Wildman–Crippen MR) is 76.7 cm³/mol. The van der Waals surface area contributed by atoms with Crippen molar-refractivity contribution in [3.05, 3.63) is 29.8 Å². The van der Waals surface area contributed by atoms with Gasteiger partial charge in [0.15, 0.2) is 0 Å². The van der Waals surface area contributed by atoms with Crippen LogP contribution in [0.2, 0.25) is 0 Å². The lowest BCUT2D eigenvalue weighted by atomic mass is 10.1. The van der Waals surface area contributed by atoms with Gasteiger partial charge in [0.2, 0.25) is 5.91 Å². The van der Waals surface area contributed by atoms with Crippen LogP contribution in [-0.2, 0) is 9.53 Å². The summed E-state index contributed by atoms with van der Waals surface area (Å²) in [6.45, 7) is 6.47. The molecule has 0 bridgehead atoms. The first-order chi connectivity index (χ1) is 9.47. The van der Waals surface area contributed by atoms with Crippen molar-refractivity contribution >= 4 is 17.5 Å². The first-order valence-corrected chi connectivity index (χ1v) is 6.78. The van der Waals surface area contributed by atoms with Crippen LogP contribution in [0.3, 0.4) is 0 Å². The Hall–Kier alpha value is -1.88. The minimum absolute atomic E-state index is 0.0237. The molecule has 0 radical (unpaired) electrons. The van der Waals surface area contributed by atoms with Gasteiger partial charge >= 0.3 is 0 Å². The first kappa shape index (κ1) is 14.5. The van der Waals surface area contributed by atoms with Crippen molar-refractivity contribution in [3.63, 3.8) is 0 Å². The van der Waals surface area contributed by atoms with Gasteiger partial charge in [0, 0.05) is 20.0 Å². The Morgan fingerprint density at radius 2 is 1.80 bits per heavy atom. The number of hydrogen-bond acceptors (Lipinski definition) is 3. The fraction of sp³-hybridized carbons (Fsp3) is 0.467. The number of ether oxygens (including phenoxy) is 1. The number of rotatable bonds is 2. The Morgan fingerprint density at radius 1 is 1.20 bits per heavy atom. The zero-order valence-electron chi connectivity index (χ0n) is 12.1. The number of hydrogen-bond donors (Lipinski definition) is 1. The number of morpholine rings is 1. The lowest BCUT2D eigenvalue weighted by Crippen LogP contribution is -2.48. The second kappa shape index (κ2) is 6.05. The molecule has 1 aromatic rings. The van der Waals surface area contributed by atoms with Crippen LogP contribution in [-0.4, -0.2) is 42.0 Å². The van der Waals surface area contributed by atoms with Crippen molar-refractivity contribution in [1.82, 2.24) is 4.90 Å². The molecule has 0 unspecified atom stereocenters. The smallest absolute Gasteiger partial charge is 0.256 e. The maximum atomic E-state index is 12.6. The molecule has 1 N–H and O–H groups in total. The quantitative estimate of drug-likeness (QED) is 0.897. The van der Waals surface area contributed by atoms with Gasteiger partial charge in [0.05, 0.1) is 23.5 Å². The lowest BCUT2D eigenvalue weighted by Gasteiger charge is -2.35. The Balaban J connectivity index is 2.22. The van der Waals surface area contributed by atoms with E-state index in [1.54, 1.807) is 29.2 Å². The minimum atomic E-state index is -0.186. The molecule has 1 saturated heterocycles. The Labute approximate surface area is 118 Å². The van der Waals surface area contributed by atoms with E-state index in [2.05, 4.69) is 5.32 Å². The first-order valence-electron chi connectivity index (χ1n) is 6.78. The summed E-state index contributed by atoms with van der Waals surface area (Å²) in [6, 6.07) is 7.07. The summed E-state index contributed by atoms with van der Waals surface area (Å²) in [7, 11) is 0. The van der Waals surface area contributed by atoms with Gasteiger partial charge < -0.3 is 15.0 Å². The van der Waals surface area contributed by atoms with E-state index < -0.39 is 0 Å². The van der Waals surface area contributed by atoms with Gasteiger partial charge in [0.1, 0.15) is 0 Å². The molecule has 108 valence electrons. The van der Waals surface area contributed by atoms with Crippen molar-refractivity contribution in [2.24, 2.45) is 0 Å². The van der Waals surface area contributed by atoms with E-state index in [1.165, 1.54) is 6.92 Å². The van der Waals surface area contributed by atoms with E-state index in [4.69, 9.17) is 4.74 Å². The standard InChI is InChI=1S/C15H20N2O3/c1-10-8-17(9-11(2)20-10)15(19)13-6-4-5-7-14(13)16-12(3)18/h4-7,10-11H,8-9H2,1-3H3,(H,16,18)/t10-,11-/m1/s1. The number of nitrogens with zero attached hydrogens (tertiary/aromatic N) is 1. The van der Waals surface area contributed by atoms with Gasteiger partial charge in [-0.05, 0) is 26.0 Å². The molecule has 1 aromatic carbocycles. The van der Waals surface area contributed by atoms with Gasteiger partial charge in [-0.1, -0.05) is 12.1 Å². The van der Waals surface area contributed by atoms with Crippen LogP contribution in [0.25, 0.3) is 0 Å². The zero-order valence-corrected chi connectivity index (χ0v) is 12.1. The zero-order chi connectivity index (χ0) is 14.7. The Morgan fingerprint density at radius 3 is 2.40 bits per heavy atom. The van der Waals surface area contributed by atoms with Gasteiger partial charge in [0.25, 0.3) is 5.91 Å². The number of benzene rings is 1. The maximum Gasteiger partial charge on any atom is 0.256 e. The third kappa shape index (κ3) is 3.36. The molecular formula is C15H20N2O3. The van der Waals surface area contributed by atoms with Crippen LogP contribution in [0.5, 0.6) is 0 Å². The molecule has 1 heterocycles. The fourth-order valence-electron chi connectivity index (χ4n) is 2.48. The van der Waals surface area contributed by atoms with E-state index in [0.29, 0.717) is 24.3 Å². The highest BCUT2D eigenvalue weighted by molar-refractivity contribution is 6.03. The summed E-state index contributed by atoms with van der Waals surface area (Å²) in [4.78, 5) is 25.6. The normalized spacial score (nSPS) is 22.4. The average Bonchev–Trinajstić information content (AvgIpc) is 2.36. The molecule has 0 aliphatic carbocycles. The Bertz CT molecular complexity index is 506. The minimum Gasteiger partial charge on any atom is -0.372 e. The third-order valence-electron chi connectivity index (χ3n) is 3.17. The molecule has 2 rings (SSSR count). The van der Waals surface area contributed by atoms with Gasteiger partial charge in [-0.15, -0.1) is 0 Å². The number of nitrogens with one attached hydrogen (secondary N) is 1. The third-order valence-corrected chi connectivity index (χ3v) is 3.17. The number of carbonyl (C=O) groups excluding carboxylic acids is 2. The molecular weight excluding hydrogens is 256 g/mol. The molecule has 0 saturated carbocycles. The highest BCUT2D eigenvalue weighted by Gasteiger charge is 2.27. The number of para-hydroxylation sites is 1. The molecule has 2 atom stereocenters. The van der Waals surface area contributed by atoms with Crippen molar-refractivity contribution in [2.75, 3.05) is 18.4 Å². The SMILES string of the molecule is CC(=O)Nc1ccccc1C(=O)N1C[C@@H](C)O[C@H](C)C1. The lowest BCUT2D eigenvalue weighted by molar-refractivity contribution is -0.114. The highest BCUT2D eigenvalue weighted by atomic mass is 16.5. The molecule has 2 amide bonds. The van der Waals surface area contributed by atoms with Gasteiger partial charge in [-0.25, -0.2) is 0 Å². The van der Waals surface area contributed by atoms with Gasteiger partial charge in [-0.3, -0.25) is 9.59 Å². The van der Waals surface area contributed by atoms with Crippen molar-refractivity contribution in [2.45, 2.75) is 33.0 Å². The topological polar surface area (TPSA) is 58.6 Å². The molecule has 20 heavy (non-hydrogen) atoms. The van der Waals surface area contributed by atoms with Crippen molar-refractivity contribution < 1.29 is 14.3 Å². The van der Waals surface area contributed by atoms with Crippen molar-refractivity contribution in [1.29, 1.82) is 0 Å². The van der Waals surface area contributed by atoms with E-state index >= 15 is 0 Å². The molecule has 0 spiro atoms. The predicted octanol–water partition coefficient (Wildman–Crippen LogP) is 1.89. The number of amides is 2. The molecule has 1 aliphatic rings. The van der Waals surface area contributed by atoms with E-state index in [0.717, 1.165) is 0 Å². The number of anilines is 1. The molecule has 1 aliphatic heterocycles. The van der Waals surface area contributed by atoms with Gasteiger partial charge in [-0.2, -0.15) is 0 Å². The molecule has 5 nitrogen and oxygen atoms in total. The second-order valence-electron chi connectivity index (χ2n) is 5.19. The van der Waals surface area contributed by atoms with E-state index in [9.17, 15) is 9.59 Å². The van der Waals surface area contributed by atoms with E-state index in [1.807, 2.05) is 13.8 Å². The second-order valence-corrected chi connectivity index (χ2v) is 5.19. The molecule has 1 fully saturated rings. The maximum absolute atomic E-state index is 12.6. The van der Waals surface area contributed by atoms with E-state index in [-0.39, 0.29) is 24.0 Å². The van der Waals surface area contributed by atoms with Crippen LogP contribution in [0, 0.1) is 0 Å². The largest absolute Gasteiger partial charge is 0.372 e. The average molecular weight is 276 g/mol. The van der Waals surface area contributed by atoms with Crippen LogP contribution in [0.1, 0.15) is 31.1 Å². The summed E-state index contributed by atoms with van der Waals surface area (Å²) in [5.41, 5.74) is 1.07. The Kier molecular flexibility index (Phi) is 4.39. The molecule has 0 aromatic heterocycles. The molecule has 5 heteroatoms.